The van der Waals surface area contributed by atoms with E-state index in [9.17, 15) is 20.0 Å². The molecule has 0 spiro atoms. The molecule has 1 atom stereocenters. The highest BCUT2D eigenvalue weighted by atomic mass is 16.5. The maximum Gasteiger partial charge on any atom is 0.229 e. The van der Waals surface area contributed by atoms with Crippen molar-refractivity contribution < 1.29 is 19.4 Å². The number of ketones is 2. The van der Waals surface area contributed by atoms with Crippen LogP contribution in [0.15, 0.2) is 59.2 Å². The van der Waals surface area contributed by atoms with Gasteiger partial charge in [-0.2, -0.15) is 5.26 Å². The van der Waals surface area contributed by atoms with Gasteiger partial charge < -0.3 is 15.6 Å². The molecule has 0 radical (unpaired) electrons. The van der Waals surface area contributed by atoms with Crippen molar-refractivity contribution in [2.24, 2.45) is 5.73 Å². The fourth-order valence-electron chi connectivity index (χ4n) is 4.61. The molecule has 0 unspecified atom stereocenters. The first-order chi connectivity index (χ1) is 15.8. The molecule has 0 saturated heterocycles. The number of hydrogen-bond acceptors (Lipinski definition) is 6. The van der Waals surface area contributed by atoms with Crippen LogP contribution in [-0.2, 0) is 15.6 Å². The Bertz CT molecular complexity index is 1320. The van der Waals surface area contributed by atoms with Crippen LogP contribution in [0.4, 0.5) is 0 Å². The predicted octanol–water partition coefficient (Wildman–Crippen LogP) is 5.13. The second-order valence-corrected chi connectivity index (χ2v) is 10.8. The van der Waals surface area contributed by atoms with Gasteiger partial charge in [-0.15, -0.1) is 0 Å². The Morgan fingerprint density at radius 1 is 0.941 bits per heavy atom. The van der Waals surface area contributed by atoms with Crippen LogP contribution >= 0.6 is 0 Å². The van der Waals surface area contributed by atoms with Gasteiger partial charge in [0.15, 0.2) is 11.5 Å². The summed E-state index contributed by atoms with van der Waals surface area (Å²) in [6, 6.07) is 12.2. The molecule has 2 aromatic carbocycles. The fraction of sp³-hybridized carbons (Fsp3) is 0.321. The van der Waals surface area contributed by atoms with Crippen LogP contribution in [0.2, 0.25) is 0 Å². The van der Waals surface area contributed by atoms with E-state index in [1.54, 1.807) is 36.4 Å². The number of carbonyl (C=O) groups is 2. The number of nitriles is 1. The van der Waals surface area contributed by atoms with E-state index in [-0.39, 0.29) is 45.4 Å². The summed E-state index contributed by atoms with van der Waals surface area (Å²) in [6.07, 6.45) is 0. The van der Waals surface area contributed by atoms with E-state index in [2.05, 4.69) is 6.07 Å². The van der Waals surface area contributed by atoms with Crippen molar-refractivity contribution in [3.63, 3.8) is 0 Å². The molecule has 0 fully saturated rings. The molecule has 4 rings (SSSR count). The molecule has 0 bridgehead atoms. The Labute approximate surface area is 199 Å². The van der Waals surface area contributed by atoms with Crippen LogP contribution in [0.3, 0.4) is 0 Å². The SMILES string of the molecule is CC(C)(C)c1cc([C@@H]2C(C#N)=C(N)OC3=C2C(=O)c2ccccc2C3=O)cc(C(C)(C)C)c1O. The van der Waals surface area contributed by atoms with Gasteiger partial charge in [-0.05, 0) is 27.5 Å². The summed E-state index contributed by atoms with van der Waals surface area (Å²) in [5, 5.41) is 21.2. The fourth-order valence-corrected chi connectivity index (χ4v) is 4.61. The summed E-state index contributed by atoms with van der Waals surface area (Å²) in [5.41, 5.74) is 7.88. The third-order valence-corrected chi connectivity index (χ3v) is 6.37. The minimum Gasteiger partial charge on any atom is -0.507 e. The molecule has 1 aliphatic carbocycles. The zero-order valence-electron chi connectivity index (χ0n) is 20.2. The van der Waals surface area contributed by atoms with Crippen LogP contribution in [0.1, 0.15) is 84.9 Å². The Morgan fingerprint density at radius 3 is 1.91 bits per heavy atom. The summed E-state index contributed by atoms with van der Waals surface area (Å²) in [6.45, 7) is 11.9. The van der Waals surface area contributed by atoms with Crippen molar-refractivity contribution in [2.45, 2.75) is 58.3 Å². The van der Waals surface area contributed by atoms with Crippen LogP contribution < -0.4 is 5.73 Å². The first-order valence-corrected chi connectivity index (χ1v) is 11.2. The lowest BCUT2D eigenvalue weighted by Crippen LogP contribution is -2.32. The number of rotatable bonds is 1. The second-order valence-electron chi connectivity index (χ2n) is 10.8. The monoisotopic (exact) mass is 456 g/mol. The second kappa shape index (κ2) is 7.59. The lowest BCUT2D eigenvalue weighted by Gasteiger charge is -2.33. The minimum atomic E-state index is -0.902. The quantitative estimate of drug-likeness (QED) is 0.615. The minimum absolute atomic E-state index is 0.0599. The maximum absolute atomic E-state index is 13.7. The summed E-state index contributed by atoms with van der Waals surface area (Å²) in [4.78, 5) is 27.0. The largest absolute Gasteiger partial charge is 0.507 e. The van der Waals surface area contributed by atoms with E-state index in [4.69, 9.17) is 10.5 Å². The van der Waals surface area contributed by atoms with Crippen molar-refractivity contribution in [1.82, 2.24) is 0 Å². The number of carbonyl (C=O) groups excluding carboxylic acids is 2. The Kier molecular flexibility index (Phi) is 5.21. The number of phenols is 1. The van der Waals surface area contributed by atoms with Crippen molar-refractivity contribution in [3.05, 3.63) is 87.0 Å². The number of nitrogens with zero attached hydrogens (tertiary/aromatic N) is 1. The van der Waals surface area contributed by atoms with Gasteiger partial charge in [0.2, 0.25) is 11.7 Å². The van der Waals surface area contributed by atoms with Gasteiger partial charge >= 0.3 is 0 Å². The van der Waals surface area contributed by atoms with Gasteiger partial charge in [-0.1, -0.05) is 77.9 Å². The molecule has 1 aliphatic heterocycles. The highest BCUT2D eigenvalue weighted by Gasteiger charge is 2.44. The number of aromatic hydroxyl groups is 1. The van der Waals surface area contributed by atoms with Gasteiger partial charge in [0.25, 0.3) is 0 Å². The van der Waals surface area contributed by atoms with Crippen molar-refractivity contribution >= 4 is 11.6 Å². The third kappa shape index (κ3) is 3.49. The van der Waals surface area contributed by atoms with Crippen LogP contribution in [0, 0.1) is 11.3 Å². The first kappa shape index (κ1) is 23.3. The van der Waals surface area contributed by atoms with Gasteiger partial charge in [0.05, 0.1) is 11.5 Å². The maximum atomic E-state index is 13.7. The van der Waals surface area contributed by atoms with Crippen molar-refractivity contribution in [3.8, 4) is 11.8 Å². The molecule has 2 aliphatic rings. The van der Waals surface area contributed by atoms with Gasteiger partial charge in [0, 0.05) is 11.1 Å². The van der Waals surface area contributed by atoms with E-state index in [1.165, 1.54) is 0 Å². The van der Waals surface area contributed by atoms with Crippen molar-refractivity contribution in [2.75, 3.05) is 0 Å². The molecule has 34 heavy (non-hydrogen) atoms. The number of phenolic OH excluding ortho intramolecular Hbond substituents is 1. The van der Waals surface area contributed by atoms with E-state index in [0.717, 1.165) is 0 Å². The summed E-state index contributed by atoms with van der Waals surface area (Å²) >= 11 is 0. The zero-order chi connectivity index (χ0) is 25.2. The molecule has 174 valence electrons. The van der Waals surface area contributed by atoms with Crippen LogP contribution in [0.5, 0.6) is 5.75 Å². The molecular weight excluding hydrogens is 428 g/mol. The topological polar surface area (TPSA) is 113 Å². The average molecular weight is 457 g/mol. The number of ether oxygens (including phenoxy) is 1. The Hall–Kier alpha value is -3.85. The molecule has 0 amide bonds. The lowest BCUT2D eigenvalue weighted by molar-refractivity contribution is 0.0897. The number of hydrogen-bond donors (Lipinski definition) is 2. The first-order valence-electron chi connectivity index (χ1n) is 11.2. The van der Waals surface area contributed by atoms with Crippen LogP contribution in [0.25, 0.3) is 0 Å². The number of fused-ring (bicyclic) bond motifs is 1. The standard InChI is InChI=1S/C28H28N2O4/c1-27(2,3)18-11-14(12-19(24(18)33)28(4,5)6)20-17(13-29)26(30)34-25-21(20)22(31)15-9-7-8-10-16(15)23(25)32/h7-12,20,33H,30H2,1-6H3/t20-/m1/s1. The molecule has 6 heteroatoms. The highest BCUT2D eigenvalue weighted by molar-refractivity contribution is 6.27. The van der Waals surface area contributed by atoms with E-state index < -0.39 is 22.5 Å². The average Bonchev–Trinajstić information content (AvgIpc) is 2.75. The van der Waals surface area contributed by atoms with E-state index >= 15 is 0 Å². The van der Waals surface area contributed by atoms with Gasteiger partial charge in [-0.3, -0.25) is 9.59 Å². The van der Waals surface area contributed by atoms with Gasteiger partial charge in [0.1, 0.15) is 17.4 Å². The predicted molar refractivity (Wildman–Crippen MR) is 128 cm³/mol. The molecule has 3 N–H and O–H groups in total. The van der Waals surface area contributed by atoms with Crippen LogP contribution in [-0.4, -0.2) is 16.7 Å². The molecule has 2 aromatic rings. The van der Waals surface area contributed by atoms with E-state index in [1.807, 2.05) is 41.5 Å². The molecule has 0 aromatic heterocycles. The number of allylic oxidation sites excluding steroid dienone is 3. The Balaban J connectivity index is 2.06. The zero-order valence-corrected chi connectivity index (χ0v) is 20.2. The highest BCUT2D eigenvalue weighted by Crippen LogP contribution is 2.48. The normalized spacial score (nSPS) is 18.3. The molecular formula is C28H28N2O4. The number of Topliss-reactive ketones (excluding diaryl/α,β-unsaturated/α-hetero) is 2. The van der Waals surface area contributed by atoms with Crippen molar-refractivity contribution in [1.29, 1.82) is 5.26 Å². The van der Waals surface area contributed by atoms with E-state index in [0.29, 0.717) is 16.7 Å². The summed E-state index contributed by atoms with van der Waals surface area (Å²) in [5.74, 6) is -1.89. The summed E-state index contributed by atoms with van der Waals surface area (Å²) in [7, 11) is 0. The lowest BCUT2D eigenvalue weighted by atomic mass is 9.72. The molecule has 1 heterocycles. The number of nitrogens with two attached hydrogens (primary N) is 1. The summed E-state index contributed by atoms with van der Waals surface area (Å²) < 4.78 is 5.60. The smallest absolute Gasteiger partial charge is 0.229 e. The third-order valence-electron chi connectivity index (χ3n) is 6.37. The number of benzene rings is 2. The Morgan fingerprint density at radius 2 is 1.44 bits per heavy atom. The molecule has 0 saturated carbocycles. The van der Waals surface area contributed by atoms with Gasteiger partial charge in [-0.25, -0.2) is 0 Å². The molecule has 6 nitrogen and oxygen atoms in total.